The zero-order valence-corrected chi connectivity index (χ0v) is 17.7. The molecular weight excluding hydrogens is 386 g/mol. The number of nitrogens with one attached hydrogen (secondary N) is 1. The number of imidazole rings is 2. The fourth-order valence-corrected chi connectivity index (χ4v) is 3.97. The molecule has 0 atom stereocenters. The number of aromatic nitrogens is 4. The molecule has 0 spiro atoms. The molecule has 0 fully saturated rings. The second-order valence-corrected chi connectivity index (χ2v) is 8.11. The number of aromatic amines is 1. The lowest BCUT2D eigenvalue weighted by Crippen LogP contribution is -2.36. The topological polar surface area (TPSA) is 66.8 Å². The van der Waals surface area contributed by atoms with E-state index in [9.17, 15) is 4.79 Å². The summed E-state index contributed by atoms with van der Waals surface area (Å²) in [5.41, 5.74) is 4.10. The minimum atomic E-state index is -0.0578. The normalized spacial score (nSPS) is 11.8. The molecule has 1 amide bonds. The van der Waals surface area contributed by atoms with Gasteiger partial charge in [-0.2, -0.15) is 0 Å². The summed E-state index contributed by atoms with van der Waals surface area (Å²) in [6.07, 6.45) is 0. The summed E-state index contributed by atoms with van der Waals surface area (Å²) in [7, 11) is 0. The van der Waals surface area contributed by atoms with Crippen LogP contribution in [0.5, 0.6) is 0 Å². The van der Waals surface area contributed by atoms with E-state index in [0.29, 0.717) is 17.4 Å². The van der Waals surface area contributed by atoms with E-state index in [1.807, 2.05) is 60.9 Å². The molecule has 2 aromatic heterocycles. The third-order valence-corrected chi connectivity index (χ3v) is 5.32. The van der Waals surface area contributed by atoms with Crippen molar-refractivity contribution in [2.24, 2.45) is 0 Å². The van der Waals surface area contributed by atoms with E-state index < -0.39 is 0 Å². The highest BCUT2D eigenvalue weighted by molar-refractivity contribution is 6.29. The first-order valence-electron chi connectivity index (χ1n) is 9.77. The van der Waals surface area contributed by atoms with E-state index in [1.54, 1.807) is 4.90 Å². The maximum absolute atomic E-state index is 13.3. The van der Waals surface area contributed by atoms with Crippen LogP contribution >= 0.6 is 11.6 Å². The van der Waals surface area contributed by atoms with Crippen molar-refractivity contribution in [3.05, 3.63) is 59.1 Å². The van der Waals surface area contributed by atoms with Crippen LogP contribution in [0.4, 0.5) is 0 Å². The second kappa shape index (κ2) is 7.52. The molecule has 4 aromatic rings. The van der Waals surface area contributed by atoms with Gasteiger partial charge in [-0.1, -0.05) is 12.1 Å². The monoisotopic (exact) mass is 409 g/mol. The van der Waals surface area contributed by atoms with Gasteiger partial charge >= 0.3 is 0 Å². The van der Waals surface area contributed by atoms with Crippen molar-refractivity contribution < 1.29 is 4.79 Å². The highest BCUT2D eigenvalue weighted by atomic mass is 35.5. The Bertz CT molecular complexity index is 1160. The Labute approximate surface area is 174 Å². The number of rotatable bonds is 5. The number of hydrogen-bond donors (Lipinski definition) is 1. The number of nitrogens with zero attached hydrogens (tertiary/aromatic N) is 4. The van der Waals surface area contributed by atoms with Crippen LogP contribution in [0.1, 0.15) is 49.9 Å². The summed E-state index contributed by atoms with van der Waals surface area (Å²) in [6, 6.07) is 13.6. The number of H-pyrrole nitrogens is 1. The number of amides is 1. The lowest BCUT2D eigenvalue weighted by atomic mass is 10.1. The van der Waals surface area contributed by atoms with E-state index in [-0.39, 0.29) is 18.0 Å². The van der Waals surface area contributed by atoms with Crippen molar-refractivity contribution in [3.63, 3.8) is 0 Å². The molecule has 0 radical (unpaired) electrons. The molecule has 29 heavy (non-hydrogen) atoms. The van der Waals surface area contributed by atoms with Gasteiger partial charge in [-0.3, -0.25) is 4.79 Å². The number of fused-ring (bicyclic) bond motifs is 2. The molecule has 1 N–H and O–H groups in total. The standard InChI is InChI=1S/C22H24ClN5O/c1-13(2)27(12-20-24-16-7-5-6-8-17(16)25-20)21(29)15-9-10-19-18(11-15)26-22(23)28(19)14(3)4/h5-11,13-14H,12H2,1-4H3,(H,24,25). The SMILES string of the molecule is CC(C)N(Cc1nc2ccccc2[nH]1)C(=O)c1ccc2c(c1)nc(Cl)n2C(C)C. The predicted octanol–water partition coefficient (Wildman–Crippen LogP) is 5.20. The molecule has 2 aromatic carbocycles. The smallest absolute Gasteiger partial charge is 0.254 e. The summed E-state index contributed by atoms with van der Waals surface area (Å²) < 4.78 is 1.96. The summed E-state index contributed by atoms with van der Waals surface area (Å²) in [4.78, 5) is 27.4. The van der Waals surface area contributed by atoms with Gasteiger partial charge in [-0.15, -0.1) is 0 Å². The van der Waals surface area contributed by atoms with Crippen molar-refractivity contribution >= 4 is 39.6 Å². The van der Waals surface area contributed by atoms with Gasteiger partial charge in [-0.05, 0) is 69.6 Å². The molecule has 6 nitrogen and oxygen atoms in total. The fraction of sp³-hybridized carbons (Fsp3) is 0.318. The van der Waals surface area contributed by atoms with Gasteiger partial charge in [-0.25, -0.2) is 9.97 Å². The molecule has 0 bridgehead atoms. The Morgan fingerprint density at radius 2 is 1.86 bits per heavy atom. The molecule has 7 heteroatoms. The number of para-hydroxylation sites is 2. The Morgan fingerprint density at radius 1 is 1.10 bits per heavy atom. The van der Waals surface area contributed by atoms with Crippen LogP contribution in [-0.4, -0.2) is 36.4 Å². The Balaban J connectivity index is 1.66. The fourth-order valence-electron chi connectivity index (χ4n) is 3.59. The number of benzene rings is 2. The van der Waals surface area contributed by atoms with E-state index >= 15 is 0 Å². The summed E-state index contributed by atoms with van der Waals surface area (Å²) in [6.45, 7) is 8.52. The van der Waals surface area contributed by atoms with Crippen molar-refractivity contribution in [2.45, 2.75) is 46.3 Å². The highest BCUT2D eigenvalue weighted by Gasteiger charge is 2.22. The minimum absolute atomic E-state index is 0.0169. The quantitative estimate of drug-likeness (QED) is 0.492. The maximum atomic E-state index is 13.3. The summed E-state index contributed by atoms with van der Waals surface area (Å²) >= 11 is 6.30. The van der Waals surface area contributed by atoms with Gasteiger partial charge in [0.15, 0.2) is 0 Å². The third-order valence-electron chi connectivity index (χ3n) is 5.05. The largest absolute Gasteiger partial charge is 0.340 e. The average molecular weight is 410 g/mol. The molecule has 0 aliphatic heterocycles. The van der Waals surface area contributed by atoms with Crippen LogP contribution in [0, 0.1) is 0 Å². The van der Waals surface area contributed by atoms with Crippen molar-refractivity contribution in [2.75, 3.05) is 0 Å². The van der Waals surface area contributed by atoms with Gasteiger partial charge in [0.25, 0.3) is 5.91 Å². The van der Waals surface area contributed by atoms with Crippen molar-refractivity contribution in [1.29, 1.82) is 0 Å². The first-order chi connectivity index (χ1) is 13.8. The molecule has 2 heterocycles. The van der Waals surface area contributed by atoms with Crippen LogP contribution in [0.15, 0.2) is 42.5 Å². The predicted molar refractivity (Wildman–Crippen MR) is 116 cm³/mol. The molecule has 0 saturated heterocycles. The van der Waals surface area contributed by atoms with E-state index in [4.69, 9.17) is 11.6 Å². The zero-order valence-electron chi connectivity index (χ0n) is 17.0. The van der Waals surface area contributed by atoms with Crippen LogP contribution < -0.4 is 0 Å². The molecular formula is C22H24ClN5O. The Hall–Kier alpha value is -2.86. The summed E-state index contributed by atoms with van der Waals surface area (Å²) in [5.74, 6) is 0.707. The van der Waals surface area contributed by atoms with Gasteiger partial charge < -0.3 is 14.5 Å². The van der Waals surface area contributed by atoms with Crippen molar-refractivity contribution in [1.82, 2.24) is 24.4 Å². The highest BCUT2D eigenvalue weighted by Crippen LogP contribution is 2.26. The average Bonchev–Trinajstić information content (AvgIpc) is 3.23. The third kappa shape index (κ3) is 3.60. The molecule has 0 saturated carbocycles. The molecule has 0 aliphatic rings. The first kappa shape index (κ1) is 19.5. The van der Waals surface area contributed by atoms with Gasteiger partial charge in [0.2, 0.25) is 5.28 Å². The molecule has 0 aliphatic carbocycles. The Kier molecular flexibility index (Phi) is 5.04. The number of carbonyl (C=O) groups excluding carboxylic acids is 1. The summed E-state index contributed by atoms with van der Waals surface area (Å²) in [5, 5.41) is 0.433. The van der Waals surface area contributed by atoms with Crippen LogP contribution in [0.2, 0.25) is 5.28 Å². The second-order valence-electron chi connectivity index (χ2n) is 7.78. The van der Waals surface area contributed by atoms with Crippen LogP contribution in [0.25, 0.3) is 22.1 Å². The number of halogens is 1. The lowest BCUT2D eigenvalue weighted by molar-refractivity contribution is 0.0686. The van der Waals surface area contributed by atoms with Crippen molar-refractivity contribution in [3.8, 4) is 0 Å². The molecule has 150 valence electrons. The van der Waals surface area contributed by atoms with E-state index in [0.717, 1.165) is 27.9 Å². The van der Waals surface area contributed by atoms with Crippen LogP contribution in [0.3, 0.4) is 0 Å². The van der Waals surface area contributed by atoms with Gasteiger partial charge in [0.05, 0.1) is 28.6 Å². The number of hydrogen-bond acceptors (Lipinski definition) is 3. The first-order valence-corrected chi connectivity index (χ1v) is 10.1. The lowest BCUT2D eigenvalue weighted by Gasteiger charge is -2.26. The van der Waals surface area contributed by atoms with E-state index in [2.05, 4.69) is 28.8 Å². The van der Waals surface area contributed by atoms with E-state index in [1.165, 1.54) is 0 Å². The zero-order chi connectivity index (χ0) is 20.7. The molecule has 4 rings (SSSR count). The Morgan fingerprint density at radius 3 is 2.55 bits per heavy atom. The van der Waals surface area contributed by atoms with Crippen LogP contribution in [-0.2, 0) is 6.54 Å². The molecule has 0 unspecified atom stereocenters. The van der Waals surface area contributed by atoms with Gasteiger partial charge in [0, 0.05) is 17.6 Å². The number of carbonyl (C=O) groups is 1. The maximum Gasteiger partial charge on any atom is 0.254 e. The minimum Gasteiger partial charge on any atom is -0.340 e. The van der Waals surface area contributed by atoms with Gasteiger partial charge in [0.1, 0.15) is 5.82 Å².